The zero-order chi connectivity index (χ0) is 17.9. The average molecular weight is 328 g/mol. The predicted molar refractivity (Wildman–Crippen MR) is 101 cm³/mol. The molecule has 0 amide bonds. The standard InChI is InChI=1S/C16H16N2O2.2C2H6/c1-2-6-14-17-15-13(9-10-20-15)16(19)18(14)11-12-7-4-3-5-8-12;2*1-2/h3-5,7-10H,2,6,11H2,1H3;2*1-2H3. The van der Waals surface area contributed by atoms with Crippen molar-refractivity contribution in [1.29, 1.82) is 0 Å². The SMILES string of the molecule is CC.CC.CCCc1nc2occc2c(=O)n1Cc1ccccc1. The van der Waals surface area contributed by atoms with Gasteiger partial charge in [-0.1, -0.05) is 65.0 Å². The molecule has 0 aliphatic rings. The molecule has 0 bridgehead atoms. The Morgan fingerprint density at radius 2 is 1.71 bits per heavy atom. The third kappa shape index (κ3) is 4.57. The molecule has 130 valence electrons. The molecule has 0 radical (unpaired) electrons. The summed E-state index contributed by atoms with van der Waals surface area (Å²) in [7, 11) is 0. The van der Waals surface area contributed by atoms with Gasteiger partial charge in [-0.25, -0.2) is 0 Å². The fourth-order valence-corrected chi connectivity index (χ4v) is 2.33. The number of aromatic nitrogens is 2. The van der Waals surface area contributed by atoms with Crippen LogP contribution in [0.4, 0.5) is 0 Å². The molecule has 0 spiro atoms. The van der Waals surface area contributed by atoms with Gasteiger partial charge >= 0.3 is 0 Å². The zero-order valence-electron chi connectivity index (χ0n) is 15.4. The van der Waals surface area contributed by atoms with Crippen LogP contribution in [0.5, 0.6) is 0 Å². The van der Waals surface area contributed by atoms with Gasteiger partial charge in [0.05, 0.1) is 12.8 Å². The van der Waals surface area contributed by atoms with Gasteiger partial charge < -0.3 is 4.42 Å². The second kappa shape index (κ2) is 10.4. The van der Waals surface area contributed by atoms with Gasteiger partial charge in [0.25, 0.3) is 5.56 Å². The van der Waals surface area contributed by atoms with Crippen LogP contribution in [0.3, 0.4) is 0 Å². The van der Waals surface area contributed by atoms with Gasteiger partial charge in [0.2, 0.25) is 5.71 Å². The predicted octanol–water partition coefficient (Wildman–Crippen LogP) is 5.04. The maximum absolute atomic E-state index is 12.6. The second-order valence-corrected chi connectivity index (χ2v) is 4.79. The highest BCUT2D eigenvalue weighted by atomic mass is 16.3. The molecule has 4 nitrogen and oxygen atoms in total. The normalized spacial score (nSPS) is 9.71. The number of aryl methyl sites for hydroxylation is 1. The zero-order valence-corrected chi connectivity index (χ0v) is 15.4. The van der Waals surface area contributed by atoms with Gasteiger partial charge in [-0.05, 0) is 18.1 Å². The van der Waals surface area contributed by atoms with E-state index in [9.17, 15) is 4.79 Å². The highest BCUT2D eigenvalue weighted by molar-refractivity contribution is 5.71. The summed E-state index contributed by atoms with van der Waals surface area (Å²) >= 11 is 0. The molecule has 0 saturated carbocycles. The first-order valence-electron chi connectivity index (χ1n) is 8.80. The largest absolute Gasteiger partial charge is 0.446 e. The Balaban J connectivity index is 0.000000671. The fourth-order valence-electron chi connectivity index (χ4n) is 2.33. The Kier molecular flexibility index (Phi) is 8.55. The molecule has 4 heteroatoms. The van der Waals surface area contributed by atoms with Crippen LogP contribution in [0, 0.1) is 0 Å². The first-order valence-corrected chi connectivity index (χ1v) is 8.80. The van der Waals surface area contributed by atoms with Gasteiger partial charge in [0.15, 0.2) is 0 Å². The summed E-state index contributed by atoms with van der Waals surface area (Å²) < 4.78 is 7.01. The van der Waals surface area contributed by atoms with Crippen LogP contribution in [0.25, 0.3) is 11.1 Å². The minimum Gasteiger partial charge on any atom is -0.446 e. The van der Waals surface area contributed by atoms with Crippen LogP contribution in [-0.2, 0) is 13.0 Å². The first kappa shape index (κ1) is 19.7. The molecule has 0 atom stereocenters. The Labute approximate surface area is 144 Å². The van der Waals surface area contributed by atoms with Crippen molar-refractivity contribution in [3.63, 3.8) is 0 Å². The lowest BCUT2D eigenvalue weighted by molar-refractivity contribution is 0.586. The molecule has 0 unspecified atom stereocenters. The summed E-state index contributed by atoms with van der Waals surface area (Å²) in [6, 6.07) is 11.6. The van der Waals surface area contributed by atoms with E-state index < -0.39 is 0 Å². The van der Waals surface area contributed by atoms with Gasteiger partial charge in [-0.2, -0.15) is 4.98 Å². The van der Waals surface area contributed by atoms with E-state index in [4.69, 9.17) is 4.42 Å². The lowest BCUT2D eigenvalue weighted by Gasteiger charge is -2.11. The lowest BCUT2D eigenvalue weighted by atomic mass is 10.2. The maximum atomic E-state index is 12.6. The third-order valence-corrected chi connectivity index (χ3v) is 3.32. The van der Waals surface area contributed by atoms with Crippen molar-refractivity contribution in [3.05, 3.63) is 64.4 Å². The number of fused-ring (bicyclic) bond motifs is 1. The van der Waals surface area contributed by atoms with Crippen LogP contribution in [-0.4, -0.2) is 9.55 Å². The van der Waals surface area contributed by atoms with E-state index in [1.165, 1.54) is 6.26 Å². The molecule has 0 saturated heterocycles. The van der Waals surface area contributed by atoms with Crippen LogP contribution < -0.4 is 5.56 Å². The minimum absolute atomic E-state index is 0.0314. The number of rotatable bonds is 4. The fraction of sp³-hybridized carbons (Fsp3) is 0.400. The molecule has 24 heavy (non-hydrogen) atoms. The van der Waals surface area contributed by atoms with E-state index in [0.717, 1.165) is 24.2 Å². The van der Waals surface area contributed by atoms with E-state index in [1.54, 1.807) is 10.6 Å². The van der Waals surface area contributed by atoms with Crippen molar-refractivity contribution in [2.45, 2.75) is 54.0 Å². The highest BCUT2D eigenvalue weighted by Crippen LogP contribution is 2.12. The van der Waals surface area contributed by atoms with Crippen LogP contribution in [0.1, 0.15) is 52.4 Å². The summed E-state index contributed by atoms with van der Waals surface area (Å²) in [6.45, 7) is 10.6. The Morgan fingerprint density at radius 1 is 1.04 bits per heavy atom. The summed E-state index contributed by atoms with van der Waals surface area (Å²) in [5, 5.41) is 0.542. The van der Waals surface area contributed by atoms with Crippen LogP contribution >= 0.6 is 0 Å². The Bertz CT molecular complexity index is 773. The maximum Gasteiger partial charge on any atom is 0.265 e. The summed E-state index contributed by atoms with van der Waals surface area (Å²) in [6.07, 6.45) is 3.22. The van der Waals surface area contributed by atoms with Crippen molar-refractivity contribution >= 4 is 11.1 Å². The topological polar surface area (TPSA) is 48.0 Å². The Morgan fingerprint density at radius 3 is 2.33 bits per heavy atom. The molecular formula is C20H28N2O2. The van der Waals surface area contributed by atoms with Gasteiger partial charge in [0.1, 0.15) is 11.2 Å². The molecular weight excluding hydrogens is 300 g/mol. The van der Waals surface area contributed by atoms with E-state index in [1.807, 2.05) is 58.0 Å². The molecule has 1 aromatic carbocycles. The molecule has 0 aliphatic carbocycles. The number of benzene rings is 1. The molecule has 2 heterocycles. The average Bonchev–Trinajstić information content (AvgIpc) is 3.12. The van der Waals surface area contributed by atoms with E-state index >= 15 is 0 Å². The highest BCUT2D eigenvalue weighted by Gasteiger charge is 2.12. The third-order valence-electron chi connectivity index (χ3n) is 3.32. The lowest BCUT2D eigenvalue weighted by Crippen LogP contribution is -2.25. The molecule has 0 fully saturated rings. The van der Waals surface area contributed by atoms with E-state index in [-0.39, 0.29) is 5.56 Å². The van der Waals surface area contributed by atoms with Crippen molar-refractivity contribution in [2.24, 2.45) is 0 Å². The monoisotopic (exact) mass is 328 g/mol. The molecule has 0 N–H and O–H groups in total. The molecule has 3 aromatic rings. The van der Waals surface area contributed by atoms with Crippen molar-refractivity contribution in [3.8, 4) is 0 Å². The van der Waals surface area contributed by atoms with E-state index in [2.05, 4.69) is 11.9 Å². The van der Waals surface area contributed by atoms with Crippen LogP contribution in [0.2, 0.25) is 0 Å². The summed E-state index contributed by atoms with van der Waals surface area (Å²) in [4.78, 5) is 17.0. The summed E-state index contributed by atoms with van der Waals surface area (Å²) in [5.74, 6) is 0.781. The number of furan rings is 1. The molecule has 2 aromatic heterocycles. The number of hydrogen-bond acceptors (Lipinski definition) is 3. The van der Waals surface area contributed by atoms with Crippen molar-refractivity contribution < 1.29 is 4.42 Å². The van der Waals surface area contributed by atoms with Crippen LogP contribution in [0.15, 0.2) is 51.9 Å². The van der Waals surface area contributed by atoms with Gasteiger partial charge in [0, 0.05) is 6.42 Å². The molecule has 0 aliphatic heterocycles. The smallest absolute Gasteiger partial charge is 0.265 e. The van der Waals surface area contributed by atoms with Crippen molar-refractivity contribution in [1.82, 2.24) is 9.55 Å². The Hall–Kier alpha value is -2.36. The quantitative estimate of drug-likeness (QED) is 0.674. The first-order chi connectivity index (χ1) is 11.8. The number of hydrogen-bond donors (Lipinski definition) is 0. The van der Waals surface area contributed by atoms with E-state index in [0.29, 0.717) is 17.6 Å². The summed E-state index contributed by atoms with van der Waals surface area (Å²) in [5.41, 5.74) is 1.50. The second-order valence-electron chi connectivity index (χ2n) is 4.79. The molecule has 3 rings (SSSR count). The number of nitrogens with zero attached hydrogens (tertiary/aromatic N) is 2. The minimum atomic E-state index is -0.0314. The van der Waals surface area contributed by atoms with Crippen molar-refractivity contribution in [2.75, 3.05) is 0 Å². The van der Waals surface area contributed by atoms with Gasteiger partial charge in [-0.3, -0.25) is 9.36 Å². The van der Waals surface area contributed by atoms with Gasteiger partial charge in [-0.15, -0.1) is 0 Å².